The summed E-state index contributed by atoms with van der Waals surface area (Å²) in [4.78, 5) is 23.1. The summed E-state index contributed by atoms with van der Waals surface area (Å²) < 4.78 is 10.5. The van der Waals surface area contributed by atoms with E-state index in [0.29, 0.717) is 11.3 Å². The first-order valence-electron chi connectivity index (χ1n) is 8.86. The third-order valence-electron chi connectivity index (χ3n) is 4.49. The van der Waals surface area contributed by atoms with E-state index in [0.717, 1.165) is 26.6 Å². The number of carbonyl (C=O) groups excluding carboxylic acids is 1. The van der Waals surface area contributed by atoms with Gasteiger partial charge in [0.05, 0.1) is 19.5 Å². The van der Waals surface area contributed by atoms with Crippen molar-refractivity contribution in [3.63, 3.8) is 0 Å². The molecule has 0 fully saturated rings. The van der Waals surface area contributed by atoms with Gasteiger partial charge in [-0.05, 0) is 53.4 Å². The minimum absolute atomic E-state index is 0.00446. The number of benzene rings is 2. The summed E-state index contributed by atoms with van der Waals surface area (Å²) >= 11 is 2.99. The summed E-state index contributed by atoms with van der Waals surface area (Å²) in [5.41, 5.74) is 1.51. The molecule has 146 valence electrons. The van der Waals surface area contributed by atoms with Gasteiger partial charge in [-0.2, -0.15) is 0 Å². The maximum Gasteiger partial charge on any atom is 0.180 e. The molecule has 29 heavy (non-hydrogen) atoms. The molecule has 0 saturated heterocycles. The number of aromatic nitrogens is 2. The van der Waals surface area contributed by atoms with Crippen LogP contribution in [0.15, 0.2) is 71.3 Å². The van der Waals surface area contributed by atoms with Crippen molar-refractivity contribution >= 4 is 39.1 Å². The van der Waals surface area contributed by atoms with Crippen LogP contribution < -0.4 is 9.47 Å². The highest BCUT2D eigenvalue weighted by atomic mass is 32.2. The molecule has 0 aliphatic heterocycles. The second kappa shape index (κ2) is 8.63. The van der Waals surface area contributed by atoms with Gasteiger partial charge in [0.15, 0.2) is 5.78 Å². The highest BCUT2D eigenvalue weighted by Gasteiger charge is 2.25. The number of nitrogens with zero attached hydrogens (tertiary/aromatic N) is 2. The van der Waals surface area contributed by atoms with Gasteiger partial charge < -0.3 is 9.47 Å². The third-order valence-corrected chi connectivity index (χ3v) is 6.58. The highest BCUT2D eigenvalue weighted by Crippen LogP contribution is 2.40. The Morgan fingerprint density at radius 1 is 0.931 bits per heavy atom. The number of thioether (sulfide) groups is 1. The summed E-state index contributed by atoms with van der Waals surface area (Å²) in [5.74, 6) is 1.47. The van der Waals surface area contributed by atoms with E-state index in [-0.39, 0.29) is 5.78 Å². The van der Waals surface area contributed by atoms with Crippen LogP contribution in [0.4, 0.5) is 0 Å². The molecule has 0 aliphatic carbocycles. The van der Waals surface area contributed by atoms with Crippen molar-refractivity contribution in [2.45, 2.75) is 10.3 Å². The van der Waals surface area contributed by atoms with Gasteiger partial charge in [0.25, 0.3) is 0 Å². The van der Waals surface area contributed by atoms with Crippen molar-refractivity contribution < 1.29 is 14.3 Å². The van der Waals surface area contributed by atoms with Crippen LogP contribution in [0.3, 0.4) is 0 Å². The van der Waals surface area contributed by atoms with E-state index in [4.69, 9.17) is 9.47 Å². The van der Waals surface area contributed by atoms with Gasteiger partial charge in [-0.3, -0.25) is 4.79 Å². The van der Waals surface area contributed by atoms with Crippen LogP contribution in [-0.2, 0) is 0 Å². The van der Waals surface area contributed by atoms with Crippen molar-refractivity contribution in [1.82, 2.24) is 9.97 Å². The molecule has 0 amide bonds. The molecule has 4 aromatic rings. The molecule has 0 bridgehead atoms. The molecule has 2 aromatic carbocycles. The lowest BCUT2D eigenvalue weighted by molar-refractivity contribution is 0.0989. The Morgan fingerprint density at radius 2 is 1.59 bits per heavy atom. The van der Waals surface area contributed by atoms with Crippen molar-refractivity contribution in [1.29, 1.82) is 0 Å². The summed E-state index contributed by atoms with van der Waals surface area (Å²) in [6.45, 7) is 0. The first kappa shape index (κ1) is 19.4. The lowest BCUT2D eigenvalue weighted by Gasteiger charge is -2.17. The number of fused-ring (bicyclic) bond motifs is 1. The fourth-order valence-corrected chi connectivity index (χ4v) is 4.89. The number of hydrogen-bond acceptors (Lipinski definition) is 7. The molecule has 1 atom stereocenters. The molecule has 0 aliphatic rings. The number of hydrogen-bond donors (Lipinski definition) is 0. The second-order valence-corrected chi connectivity index (χ2v) is 8.17. The zero-order chi connectivity index (χ0) is 20.2. The fraction of sp³-hybridized carbons (Fsp3) is 0.136. The molecular weight excluding hydrogens is 404 g/mol. The molecule has 7 heteroatoms. The van der Waals surface area contributed by atoms with Crippen molar-refractivity contribution in [2.24, 2.45) is 0 Å². The number of Topliss-reactive ketones (excluding diaryl/α,β-unsaturated/α-hetero) is 1. The number of carbonyl (C=O) groups is 1. The monoisotopic (exact) mass is 422 g/mol. The van der Waals surface area contributed by atoms with Crippen LogP contribution in [0.1, 0.15) is 21.2 Å². The maximum absolute atomic E-state index is 13.4. The van der Waals surface area contributed by atoms with E-state index in [1.807, 2.05) is 35.7 Å². The Kier molecular flexibility index (Phi) is 5.78. The third kappa shape index (κ3) is 4.11. The first-order valence-corrected chi connectivity index (χ1v) is 10.6. The molecule has 2 aromatic heterocycles. The summed E-state index contributed by atoms with van der Waals surface area (Å²) in [7, 11) is 3.23. The van der Waals surface area contributed by atoms with Gasteiger partial charge in [0, 0.05) is 10.9 Å². The van der Waals surface area contributed by atoms with Crippen LogP contribution in [0.2, 0.25) is 0 Å². The van der Waals surface area contributed by atoms with Crippen LogP contribution in [0.5, 0.6) is 11.5 Å². The molecule has 0 radical (unpaired) electrons. The van der Waals surface area contributed by atoms with E-state index in [1.165, 1.54) is 11.8 Å². The van der Waals surface area contributed by atoms with E-state index < -0.39 is 5.25 Å². The predicted molar refractivity (Wildman–Crippen MR) is 116 cm³/mol. The Labute approximate surface area is 176 Å². The largest absolute Gasteiger partial charge is 0.497 e. The van der Waals surface area contributed by atoms with Gasteiger partial charge in [0.2, 0.25) is 0 Å². The number of methoxy groups -OCH3 is 2. The summed E-state index contributed by atoms with van der Waals surface area (Å²) in [6.07, 6.45) is 1.55. The first-order chi connectivity index (χ1) is 14.2. The summed E-state index contributed by atoms with van der Waals surface area (Å²) in [6, 6.07) is 16.7. The Hall–Kier alpha value is -2.90. The average Bonchev–Trinajstić information content (AvgIpc) is 3.27. The highest BCUT2D eigenvalue weighted by molar-refractivity contribution is 8.00. The molecule has 0 spiro atoms. The Bertz CT molecular complexity index is 1120. The Balaban J connectivity index is 1.73. The minimum atomic E-state index is -0.452. The van der Waals surface area contributed by atoms with E-state index in [1.54, 1.807) is 56.1 Å². The normalized spacial score (nSPS) is 11.9. The van der Waals surface area contributed by atoms with Crippen LogP contribution in [0, 0.1) is 0 Å². The van der Waals surface area contributed by atoms with Gasteiger partial charge in [-0.25, -0.2) is 9.97 Å². The number of thiophene rings is 1. The second-order valence-electron chi connectivity index (χ2n) is 6.18. The maximum atomic E-state index is 13.4. The van der Waals surface area contributed by atoms with E-state index >= 15 is 0 Å². The smallest absolute Gasteiger partial charge is 0.180 e. The predicted octanol–water partition coefficient (Wildman–Crippen LogP) is 5.42. The molecule has 5 nitrogen and oxygen atoms in total. The fourth-order valence-electron chi connectivity index (χ4n) is 2.93. The van der Waals surface area contributed by atoms with E-state index in [9.17, 15) is 4.79 Å². The van der Waals surface area contributed by atoms with Crippen molar-refractivity contribution in [3.8, 4) is 11.5 Å². The number of ether oxygens (including phenoxy) is 2. The minimum Gasteiger partial charge on any atom is -0.497 e. The summed E-state index contributed by atoms with van der Waals surface area (Å²) in [5, 5.41) is 3.28. The molecule has 0 N–H and O–H groups in total. The zero-order valence-electron chi connectivity index (χ0n) is 15.9. The molecule has 0 saturated carbocycles. The zero-order valence-corrected chi connectivity index (χ0v) is 17.5. The SMILES string of the molecule is COc1ccc(C(=O)[C@H](Sc2ncnc3sccc23)c2ccc(OC)cc2)cc1. The van der Waals surface area contributed by atoms with Gasteiger partial charge in [-0.1, -0.05) is 23.9 Å². The molecule has 0 unspecified atom stereocenters. The van der Waals surface area contributed by atoms with Crippen LogP contribution in [0.25, 0.3) is 10.2 Å². The molecular formula is C22H18N2O3S2. The molecule has 2 heterocycles. The average molecular weight is 423 g/mol. The van der Waals surface area contributed by atoms with Crippen LogP contribution >= 0.6 is 23.1 Å². The number of rotatable bonds is 7. The quantitative estimate of drug-likeness (QED) is 0.225. The van der Waals surface area contributed by atoms with E-state index in [2.05, 4.69) is 9.97 Å². The number of ketones is 1. The topological polar surface area (TPSA) is 61.3 Å². The van der Waals surface area contributed by atoms with Crippen molar-refractivity contribution in [3.05, 3.63) is 77.4 Å². The standard InChI is InChI=1S/C22H18N2O3S2/c1-26-16-7-3-14(4-8-16)19(25)20(15-5-9-17(27-2)10-6-15)29-22-18-11-12-28-21(18)23-13-24-22/h3-13,20H,1-2H3/t20-/m1/s1. The van der Waals surface area contributed by atoms with Gasteiger partial charge in [-0.15, -0.1) is 11.3 Å². The van der Waals surface area contributed by atoms with Gasteiger partial charge in [0.1, 0.15) is 27.7 Å². The van der Waals surface area contributed by atoms with Crippen LogP contribution in [-0.4, -0.2) is 30.0 Å². The lowest BCUT2D eigenvalue weighted by Crippen LogP contribution is -2.10. The van der Waals surface area contributed by atoms with Crippen molar-refractivity contribution in [2.75, 3.05) is 14.2 Å². The molecule has 4 rings (SSSR count). The van der Waals surface area contributed by atoms with Gasteiger partial charge >= 0.3 is 0 Å². The lowest BCUT2D eigenvalue weighted by atomic mass is 10.0. The Morgan fingerprint density at radius 3 is 2.24 bits per heavy atom.